The molecule has 3 nitrogen and oxygen atoms in total. The molecule has 0 saturated carbocycles. The van der Waals surface area contributed by atoms with Gasteiger partial charge in [-0.1, -0.05) is 13.0 Å². The SMILES string of the molecule is CCC1(C(=O)Nc2cccc(I)c2)CCNC1. The van der Waals surface area contributed by atoms with Crippen molar-refractivity contribution in [3.8, 4) is 0 Å². The fourth-order valence-electron chi connectivity index (χ4n) is 2.23. The van der Waals surface area contributed by atoms with Crippen LogP contribution in [0.3, 0.4) is 0 Å². The molecule has 1 atom stereocenters. The fraction of sp³-hybridized carbons (Fsp3) is 0.462. The average Bonchev–Trinajstić information content (AvgIpc) is 2.78. The van der Waals surface area contributed by atoms with Crippen LogP contribution in [0.15, 0.2) is 24.3 Å². The number of amides is 1. The van der Waals surface area contributed by atoms with Crippen LogP contribution in [0.2, 0.25) is 0 Å². The van der Waals surface area contributed by atoms with Gasteiger partial charge in [0.2, 0.25) is 5.91 Å². The van der Waals surface area contributed by atoms with Crippen LogP contribution < -0.4 is 10.6 Å². The molecule has 17 heavy (non-hydrogen) atoms. The van der Waals surface area contributed by atoms with Crippen molar-refractivity contribution in [3.05, 3.63) is 27.8 Å². The van der Waals surface area contributed by atoms with E-state index in [4.69, 9.17) is 0 Å². The van der Waals surface area contributed by atoms with Gasteiger partial charge in [0.15, 0.2) is 0 Å². The van der Waals surface area contributed by atoms with Crippen molar-refractivity contribution in [2.45, 2.75) is 19.8 Å². The summed E-state index contributed by atoms with van der Waals surface area (Å²) in [4.78, 5) is 12.3. The molecule has 1 aliphatic rings. The van der Waals surface area contributed by atoms with Gasteiger partial charge in [0.05, 0.1) is 5.41 Å². The molecule has 0 spiro atoms. The van der Waals surface area contributed by atoms with Crippen LogP contribution in [0.25, 0.3) is 0 Å². The zero-order valence-electron chi connectivity index (χ0n) is 9.92. The van der Waals surface area contributed by atoms with Crippen LogP contribution in [0.4, 0.5) is 5.69 Å². The maximum atomic E-state index is 12.3. The number of nitrogens with one attached hydrogen (secondary N) is 2. The van der Waals surface area contributed by atoms with Crippen LogP contribution in [-0.2, 0) is 4.79 Å². The maximum Gasteiger partial charge on any atom is 0.231 e. The van der Waals surface area contributed by atoms with Gasteiger partial charge in [0.1, 0.15) is 0 Å². The smallest absolute Gasteiger partial charge is 0.231 e. The first kappa shape index (κ1) is 12.8. The highest BCUT2D eigenvalue weighted by Crippen LogP contribution is 2.31. The summed E-state index contributed by atoms with van der Waals surface area (Å²) in [6.07, 6.45) is 1.81. The molecule has 1 saturated heterocycles. The van der Waals surface area contributed by atoms with Gasteiger partial charge in [-0.05, 0) is 60.2 Å². The van der Waals surface area contributed by atoms with Gasteiger partial charge in [0.25, 0.3) is 0 Å². The molecule has 1 unspecified atom stereocenters. The summed E-state index contributed by atoms with van der Waals surface area (Å²) in [7, 11) is 0. The Labute approximate surface area is 116 Å². The summed E-state index contributed by atoms with van der Waals surface area (Å²) >= 11 is 2.25. The van der Waals surface area contributed by atoms with E-state index < -0.39 is 0 Å². The van der Waals surface area contributed by atoms with Gasteiger partial charge >= 0.3 is 0 Å². The Morgan fingerprint density at radius 3 is 3.00 bits per heavy atom. The van der Waals surface area contributed by atoms with Crippen LogP contribution in [-0.4, -0.2) is 19.0 Å². The number of hydrogen-bond donors (Lipinski definition) is 2. The highest BCUT2D eigenvalue weighted by Gasteiger charge is 2.39. The van der Waals surface area contributed by atoms with Crippen LogP contribution in [0, 0.1) is 8.99 Å². The van der Waals surface area contributed by atoms with Crippen molar-refractivity contribution in [2.75, 3.05) is 18.4 Å². The Kier molecular flexibility index (Phi) is 4.04. The van der Waals surface area contributed by atoms with Crippen molar-refractivity contribution in [3.63, 3.8) is 0 Å². The predicted octanol–water partition coefficient (Wildman–Crippen LogP) is 2.62. The number of carbonyl (C=O) groups excluding carboxylic acids is 1. The summed E-state index contributed by atoms with van der Waals surface area (Å²) in [5.74, 6) is 0.145. The molecule has 0 radical (unpaired) electrons. The summed E-state index contributed by atoms with van der Waals surface area (Å²) in [5, 5.41) is 6.31. The van der Waals surface area contributed by atoms with Crippen LogP contribution in [0.5, 0.6) is 0 Å². The van der Waals surface area contributed by atoms with E-state index in [1.54, 1.807) is 0 Å². The van der Waals surface area contributed by atoms with E-state index in [9.17, 15) is 4.79 Å². The third-order valence-electron chi connectivity index (χ3n) is 3.48. The third kappa shape index (κ3) is 2.80. The van der Waals surface area contributed by atoms with Crippen molar-refractivity contribution >= 4 is 34.2 Å². The van der Waals surface area contributed by atoms with E-state index in [2.05, 4.69) is 40.1 Å². The number of rotatable bonds is 3. The zero-order chi connectivity index (χ0) is 12.3. The first-order valence-electron chi connectivity index (χ1n) is 5.94. The molecule has 4 heteroatoms. The highest BCUT2D eigenvalue weighted by molar-refractivity contribution is 14.1. The van der Waals surface area contributed by atoms with E-state index in [0.717, 1.165) is 35.2 Å². The monoisotopic (exact) mass is 344 g/mol. The summed E-state index contributed by atoms with van der Waals surface area (Å²) in [6.45, 7) is 3.81. The van der Waals surface area contributed by atoms with E-state index >= 15 is 0 Å². The molecule has 1 aromatic rings. The van der Waals surface area contributed by atoms with Gasteiger partial charge in [-0.15, -0.1) is 0 Å². The molecule has 2 N–H and O–H groups in total. The lowest BCUT2D eigenvalue weighted by Gasteiger charge is -2.25. The zero-order valence-corrected chi connectivity index (χ0v) is 12.1. The van der Waals surface area contributed by atoms with E-state index in [-0.39, 0.29) is 11.3 Å². The Balaban J connectivity index is 2.10. The number of halogens is 1. The van der Waals surface area contributed by atoms with Crippen LogP contribution in [0.1, 0.15) is 19.8 Å². The Bertz CT molecular complexity index is 414. The number of benzene rings is 1. The summed E-state index contributed by atoms with van der Waals surface area (Å²) < 4.78 is 1.13. The standard InChI is InChI=1S/C13H17IN2O/c1-2-13(6-7-15-9-13)12(17)16-11-5-3-4-10(14)8-11/h3-5,8,15H,2,6-7,9H2,1H3,(H,16,17). The van der Waals surface area contributed by atoms with Crippen LogP contribution >= 0.6 is 22.6 Å². The van der Waals surface area contributed by atoms with Gasteiger partial charge in [-0.3, -0.25) is 4.79 Å². The van der Waals surface area contributed by atoms with Crippen molar-refractivity contribution < 1.29 is 4.79 Å². The highest BCUT2D eigenvalue weighted by atomic mass is 127. The summed E-state index contributed by atoms with van der Waals surface area (Å²) in [6, 6.07) is 7.90. The number of anilines is 1. The normalized spacial score (nSPS) is 23.6. The second-order valence-corrected chi connectivity index (χ2v) is 5.77. The molecular weight excluding hydrogens is 327 g/mol. The van der Waals surface area contributed by atoms with E-state index in [0.29, 0.717) is 0 Å². The van der Waals surface area contributed by atoms with Crippen molar-refractivity contribution in [1.82, 2.24) is 5.32 Å². The third-order valence-corrected chi connectivity index (χ3v) is 4.16. The minimum absolute atomic E-state index is 0.145. The Hall–Kier alpha value is -0.620. The van der Waals surface area contributed by atoms with Crippen molar-refractivity contribution in [2.24, 2.45) is 5.41 Å². The molecule has 92 valence electrons. The predicted molar refractivity (Wildman–Crippen MR) is 78.0 cm³/mol. The molecule has 0 bridgehead atoms. The molecule has 1 heterocycles. The van der Waals surface area contributed by atoms with Crippen molar-refractivity contribution in [1.29, 1.82) is 0 Å². The molecule has 1 fully saturated rings. The number of carbonyl (C=O) groups is 1. The Morgan fingerprint density at radius 1 is 1.59 bits per heavy atom. The lowest BCUT2D eigenvalue weighted by atomic mass is 9.83. The summed E-state index contributed by atoms with van der Waals surface area (Å²) in [5.41, 5.74) is 0.669. The molecular formula is C13H17IN2O. The molecule has 0 aliphatic carbocycles. The molecule has 2 rings (SSSR count). The first-order valence-corrected chi connectivity index (χ1v) is 7.02. The van der Waals surface area contributed by atoms with E-state index in [1.165, 1.54) is 0 Å². The second-order valence-electron chi connectivity index (χ2n) is 4.53. The van der Waals surface area contributed by atoms with Gasteiger partial charge in [0, 0.05) is 15.8 Å². The minimum Gasteiger partial charge on any atom is -0.326 e. The molecule has 0 aromatic heterocycles. The number of hydrogen-bond acceptors (Lipinski definition) is 2. The lowest BCUT2D eigenvalue weighted by molar-refractivity contribution is -0.124. The quantitative estimate of drug-likeness (QED) is 0.828. The second kappa shape index (κ2) is 5.35. The average molecular weight is 344 g/mol. The van der Waals surface area contributed by atoms with Gasteiger partial charge in [-0.2, -0.15) is 0 Å². The minimum atomic E-state index is -0.221. The van der Waals surface area contributed by atoms with Gasteiger partial charge in [-0.25, -0.2) is 0 Å². The van der Waals surface area contributed by atoms with Gasteiger partial charge < -0.3 is 10.6 Å². The van der Waals surface area contributed by atoms with E-state index in [1.807, 2.05) is 24.3 Å². The molecule has 1 aliphatic heterocycles. The fourth-order valence-corrected chi connectivity index (χ4v) is 2.77. The Morgan fingerprint density at radius 2 is 2.41 bits per heavy atom. The molecule has 1 amide bonds. The topological polar surface area (TPSA) is 41.1 Å². The first-order chi connectivity index (χ1) is 8.16. The maximum absolute atomic E-state index is 12.3. The largest absolute Gasteiger partial charge is 0.326 e. The lowest BCUT2D eigenvalue weighted by Crippen LogP contribution is -2.37. The molecule has 1 aromatic carbocycles.